The third-order valence-electron chi connectivity index (χ3n) is 3.70. The molecule has 1 N–H and O–H groups in total. The smallest absolute Gasteiger partial charge is 0.340 e. The van der Waals surface area contributed by atoms with Crippen molar-refractivity contribution in [3.8, 4) is 5.75 Å². The van der Waals surface area contributed by atoms with Gasteiger partial charge in [-0.05, 0) is 31.5 Å². The van der Waals surface area contributed by atoms with E-state index in [0.717, 1.165) is 16.6 Å². The largest absolute Gasteiger partial charge is 0.497 e. The molecule has 0 unspecified atom stereocenters. The molecule has 0 aliphatic carbocycles. The van der Waals surface area contributed by atoms with Crippen LogP contribution in [0, 0.1) is 13.8 Å². The van der Waals surface area contributed by atoms with Gasteiger partial charge in [-0.1, -0.05) is 0 Å². The van der Waals surface area contributed by atoms with Crippen LogP contribution < -0.4 is 15.7 Å². The number of thiazole rings is 1. The number of anilines is 1. The molecule has 0 spiro atoms. The van der Waals surface area contributed by atoms with Crippen molar-refractivity contribution in [2.75, 3.05) is 12.4 Å². The monoisotopic (exact) mass is 344 g/mol. The van der Waals surface area contributed by atoms with Crippen molar-refractivity contribution >= 4 is 33.3 Å². The fourth-order valence-corrected chi connectivity index (χ4v) is 3.15. The summed E-state index contributed by atoms with van der Waals surface area (Å²) in [5.41, 5.74) is 1.84. The van der Waals surface area contributed by atoms with Crippen LogP contribution in [0.3, 0.4) is 0 Å². The van der Waals surface area contributed by atoms with Gasteiger partial charge >= 0.3 is 5.63 Å². The minimum absolute atomic E-state index is 0.0608. The first kappa shape index (κ1) is 16.2. The van der Waals surface area contributed by atoms with Crippen LogP contribution in [0.1, 0.15) is 16.8 Å². The molecule has 0 saturated carbocycles. The Balaban J connectivity index is 1.91. The number of carbonyl (C=O) groups excluding carboxylic acids is 1. The number of amides is 1. The van der Waals surface area contributed by atoms with Crippen molar-refractivity contribution in [3.05, 3.63) is 50.8 Å². The predicted molar refractivity (Wildman–Crippen MR) is 93.0 cm³/mol. The maximum absolute atomic E-state index is 12.2. The Kier molecular flexibility index (Phi) is 4.35. The van der Waals surface area contributed by atoms with Crippen molar-refractivity contribution in [2.45, 2.75) is 20.3 Å². The van der Waals surface area contributed by atoms with Gasteiger partial charge < -0.3 is 14.5 Å². The first-order valence-electron chi connectivity index (χ1n) is 7.30. The number of carbonyl (C=O) groups is 1. The van der Waals surface area contributed by atoms with E-state index in [0.29, 0.717) is 22.0 Å². The van der Waals surface area contributed by atoms with Gasteiger partial charge in [-0.2, -0.15) is 0 Å². The van der Waals surface area contributed by atoms with Gasteiger partial charge in [0.25, 0.3) is 0 Å². The summed E-state index contributed by atoms with van der Waals surface area (Å²) in [6.45, 7) is 3.66. The van der Waals surface area contributed by atoms with Crippen molar-refractivity contribution in [3.63, 3.8) is 0 Å². The predicted octanol–water partition coefficient (Wildman–Crippen LogP) is 3.06. The Morgan fingerprint density at radius 1 is 1.38 bits per heavy atom. The molecule has 1 amide bonds. The lowest BCUT2D eigenvalue weighted by Crippen LogP contribution is -2.20. The zero-order valence-corrected chi connectivity index (χ0v) is 14.3. The van der Waals surface area contributed by atoms with Crippen LogP contribution in [0.25, 0.3) is 11.0 Å². The van der Waals surface area contributed by atoms with Gasteiger partial charge in [-0.15, -0.1) is 11.3 Å². The molecular weight excluding hydrogens is 328 g/mol. The fourth-order valence-electron chi connectivity index (χ4n) is 2.44. The summed E-state index contributed by atoms with van der Waals surface area (Å²) < 4.78 is 10.5. The number of aromatic nitrogens is 1. The second kappa shape index (κ2) is 6.45. The number of hydrogen-bond donors (Lipinski definition) is 1. The Morgan fingerprint density at radius 2 is 2.17 bits per heavy atom. The maximum atomic E-state index is 12.2. The molecule has 6 nitrogen and oxygen atoms in total. The average molecular weight is 344 g/mol. The van der Waals surface area contributed by atoms with Gasteiger partial charge in [0.1, 0.15) is 11.3 Å². The summed E-state index contributed by atoms with van der Waals surface area (Å²) in [6.07, 6.45) is -0.0608. The van der Waals surface area contributed by atoms with E-state index in [-0.39, 0.29) is 12.3 Å². The average Bonchev–Trinajstić information content (AvgIpc) is 2.95. The summed E-state index contributed by atoms with van der Waals surface area (Å²) in [7, 11) is 1.55. The highest BCUT2D eigenvalue weighted by molar-refractivity contribution is 7.13. The van der Waals surface area contributed by atoms with E-state index in [1.54, 1.807) is 19.2 Å². The highest BCUT2D eigenvalue weighted by Crippen LogP contribution is 2.24. The van der Waals surface area contributed by atoms with Crippen molar-refractivity contribution in [2.24, 2.45) is 0 Å². The minimum atomic E-state index is -0.515. The molecule has 0 radical (unpaired) electrons. The van der Waals surface area contributed by atoms with E-state index in [1.807, 2.05) is 25.3 Å². The number of nitrogens with zero attached hydrogens (tertiary/aromatic N) is 1. The Labute approximate surface area is 142 Å². The van der Waals surface area contributed by atoms with Gasteiger partial charge in [0, 0.05) is 16.8 Å². The number of hydrogen-bond acceptors (Lipinski definition) is 6. The van der Waals surface area contributed by atoms with E-state index in [9.17, 15) is 9.59 Å². The van der Waals surface area contributed by atoms with Crippen LogP contribution in [0.15, 0.2) is 32.8 Å². The van der Waals surface area contributed by atoms with Crippen molar-refractivity contribution in [1.29, 1.82) is 0 Å². The van der Waals surface area contributed by atoms with E-state index in [4.69, 9.17) is 9.15 Å². The molecule has 0 bridgehead atoms. The molecular formula is C17H16N2O4S. The van der Waals surface area contributed by atoms with Gasteiger partial charge in [-0.25, -0.2) is 9.78 Å². The van der Waals surface area contributed by atoms with Crippen LogP contribution >= 0.6 is 11.3 Å². The summed E-state index contributed by atoms with van der Waals surface area (Å²) in [5.74, 6) is 0.308. The molecule has 3 rings (SSSR count). The quantitative estimate of drug-likeness (QED) is 0.736. The van der Waals surface area contributed by atoms with E-state index >= 15 is 0 Å². The second-order valence-electron chi connectivity index (χ2n) is 5.37. The van der Waals surface area contributed by atoms with Crippen LogP contribution in [-0.2, 0) is 11.2 Å². The molecule has 3 aromatic rings. The highest BCUT2D eigenvalue weighted by atomic mass is 32.1. The normalized spacial score (nSPS) is 10.8. The lowest BCUT2D eigenvalue weighted by molar-refractivity contribution is -0.115. The number of fused-ring (bicyclic) bond motifs is 1. The summed E-state index contributed by atoms with van der Waals surface area (Å²) in [4.78, 5) is 28.6. The number of benzene rings is 1. The van der Waals surface area contributed by atoms with Gasteiger partial charge in [0.2, 0.25) is 5.91 Å². The molecule has 124 valence electrons. The fraction of sp³-hybridized carbons (Fsp3) is 0.235. The first-order valence-corrected chi connectivity index (χ1v) is 8.18. The molecule has 0 saturated heterocycles. The summed E-state index contributed by atoms with van der Waals surface area (Å²) in [5, 5.41) is 5.85. The number of aryl methyl sites for hydroxylation is 2. The maximum Gasteiger partial charge on any atom is 0.340 e. The van der Waals surface area contributed by atoms with Crippen LogP contribution in [0.5, 0.6) is 5.75 Å². The standard InChI is InChI=1S/C17H16N2O4S/c1-9-8-24-17(18-9)19-15(20)7-13-10(2)12-5-4-11(22-3)6-14(12)23-16(13)21/h4-6,8H,7H2,1-3H3,(H,18,19,20). The zero-order chi connectivity index (χ0) is 17.3. The molecule has 24 heavy (non-hydrogen) atoms. The molecule has 7 heteroatoms. The van der Waals surface area contributed by atoms with Crippen LogP contribution in [-0.4, -0.2) is 18.0 Å². The van der Waals surface area contributed by atoms with Crippen LogP contribution in [0.2, 0.25) is 0 Å². The van der Waals surface area contributed by atoms with Gasteiger partial charge in [0.05, 0.1) is 24.8 Å². The zero-order valence-electron chi connectivity index (χ0n) is 13.5. The second-order valence-corrected chi connectivity index (χ2v) is 6.23. The van der Waals surface area contributed by atoms with Gasteiger partial charge in [-0.3, -0.25) is 4.79 Å². The Hall–Kier alpha value is -2.67. The van der Waals surface area contributed by atoms with Gasteiger partial charge in [0.15, 0.2) is 5.13 Å². The molecule has 1 aromatic carbocycles. The number of rotatable bonds is 4. The topological polar surface area (TPSA) is 81.4 Å². The number of ether oxygens (including phenoxy) is 1. The van der Waals surface area contributed by atoms with E-state index in [1.165, 1.54) is 11.3 Å². The van der Waals surface area contributed by atoms with Crippen molar-refractivity contribution in [1.82, 2.24) is 4.98 Å². The first-order chi connectivity index (χ1) is 11.5. The Bertz CT molecular complexity index is 974. The van der Waals surface area contributed by atoms with E-state index < -0.39 is 5.63 Å². The number of nitrogens with one attached hydrogen (secondary N) is 1. The molecule has 2 heterocycles. The Morgan fingerprint density at radius 3 is 2.83 bits per heavy atom. The lowest BCUT2D eigenvalue weighted by Gasteiger charge is -2.08. The summed E-state index contributed by atoms with van der Waals surface area (Å²) in [6, 6.07) is 5.27. The third kappa shape index (κ3) is 3.16. The third-order valence-corrected chi connectivity index (χ3v) is 4.57. The lowest BCUT2D eigenvalue weighted by atomic mass is 10.0. The molecule has 0 aliphatic rings. The number of methoxy groups -OCH3 is 1. The summed E-state index contributed by atoms with van der Waals surface area (Å²) >= 11 is 1.34. The van der Waals surface area contributed by atoms with E-state index in [2.05, 4.69) is 10.3 Å². The van der Waals surface area contributed by atoms with Crippen LogP contribution in [0.4, 0.5) is 5.13 Å². The molecule has 0 aliphatic heterocycles. The molecule has 0 fully saturated rings. The van der Waals surface area contributed by atoms with Crippen molar-refractivity contribution < 1.29 is 13.9 Å². The molecule has 0 atom stereocenters. The SMILES string of the molecule is COc1ccc2c(C)c(CC(=O)Nc3nc(C)cs3)c(=O)oc2c1. The molecule has 2 aromatic heterocycles. The minimum Gasteiger partial charge on any atom is -0.497 e. The highest BCUT2D eigenvalue weighted by Gasteiger charge is 2.16.